The molecule has 4 aromatic rings. The molecule has 0 saturated carbocycles. The van der Waals surface area contributed by atoms with E-state index in [4.69, 9.17) is 4.74 Å². The molecule has 0 N–H and O–H groups in total. The van der Waals surface area contributed by atoms with Crippen LogP contribution in [0, 0.1) is 0 Å². The minimum atomic E-state index is -2.28. The summed E-state index contributed by atoms with van der Waals surface area (Å²) >= 11 is 0. The highest BCUT2D eigenvalue weighted by Crippen LogP contribution is 2.56. The zero-order chi connectivity index (χ0) is 20.1. The van der Waals surface area contributed by atoms with Crippen LogP contribution in [0.25, 0.3) is 0 Å². The van der Waals surface area contributed by atoms with Crippen LogP contribution in [0.1, 0.15) is 6.92 Å². The third kappa shape index (κ3) is 4.03. The van der Waals surface area contributed by atoms with Gasteiger partial charge in [0, 0.05) is 6.92 Å². The lowest BCUT2D eigenvalue weighted by molar-refractivity contribution is -0.131. The molecule has 0 bridgehead atoms. The average Bonchev–Trinajstić information content (AvgIpc) is 2.77. The smallest absolute Gasteiger partial charge is 0.308 e. The van der Waals surface area contributed by atoms with Gasteiger partial charge in [0.2, 0.25) is 0 Å². The van der Waals surface area contributed by atoms with Crippen LogP contribution in [-0.4, -0.2) is 5.97 Å². The number of hydrogen-bond acceptors (Lipinski definition) is 2. The minimum absolute atomic E-state index is 0. The molecular formula is C26H22ClO2P. The molecule has 0 fully saturated rings. The van der Waals surface area contributed by atoms with Crippen molar-refractivity contribution in [2.24, 2.45) is 0 Å². The fourth-order valence-electron chi connectivity index (χ4n) is 3.79. The number of ether oxygens (including phenoxy) is 1. The summed E-state index contributed by atoms with van der Waals surface area (Å²) in [5.41, 5.74) is 0. The van der Waals surface area contributed by atoms with Gasteiger partial charge in [0.25, 0.3) is 0 Å². The molecule has 0 aliphatic rings. The number of para-hydroxylation sites is 1. The molecule has 0 amide bonds. The lowest BCUT2D eigenvalue weighted by atomic mass is 10.3. The highest BCUT2D eigenvalue weighted by Gasteiger charge is 2.49. The Morgan fingerprint density at radius 2 is 0.967 bits per heavy atom. The molecule has 0 spiro atoms. The van der Waals surface area contributed by atoms with E-state index < -0.39 is 7.26 Å². The highest BCUT2D eigenvalue weighted by molar-refractivity contribution is 8.01. The maximum atomic E-state index is 11.9. The largest absolute Gasteiger partial charge is 1.00 e. The van der Waals surface area contributed by atoms with Crippen LogP contribution >= 0.6 is 7.26 Å². The molecular weight excluding hydrogens is 411 g/mol. The summed E-state index contributed by atoms with van der Waals surface area (Å²) < 4.78 is 5.70. The fourth-order valence-corrected chi connectivity index (χ4v) is 8.14. The van der Waals surface area contributed by atoms with Crippen molar-refractivity contribution >= 4 is 34.4 Å². The van der Waals surface area contributed by atoms with Gasteiger partial charge in [-0.1, -0.05) is 66.7 Å². The second-order valence-electron chi connectivity index (χ2n) is 6.74. The van der Waals surface area contributed by atoms with Gasteiger partial charge in [0.1, 0.15) is 23.2 Å². The molecule has 150 valence electrons. The predicted molar refractivity (Wildman–Crippen MR) is 123 cm³/mol. The first-order valence-electron chi connectivity index (χ1n) is 9.57. The molecule has 0 aliphatic carbocycles. The Labute approximate surface area is 184 Å². The van der Waals surface area contributed by atoms with E-state index in [2.05, 4.69) is 78.9 Å². The van der Waals surface area contributed by atoms with Gasteiger partial charge in [-0.15, -0.1) is 0 Å². The Morgan fingerprint density at radius 3 is 1.37 bits per heavy atom. The summed E-state index contributed by atoms with van der Waals surface area (Å²) in [6.07, 6.45) is 0. The van der Waals surface area contributed by atoms with Crippen LogP contribution in [0.5, 0.6) is 5.75 Å². The van der Waals surface area contributed by atoms with Gasteiger partial charge in [-0.3, -0.25) is 4.79 Å². The van der Waals surface area contributed by atoms with Gasteiger partial charge in [-0.05, 0) is 48.5 Å². The van der Waals surface area contributed by atoms with Gasteiger partial charge in [-0.25, -0.2) is 0 Å². The number of hydrogen-bond donors (Lipinski definition) is 0. The van der Waals surface area contributed by atoms with Crippen LogP contribution < -0.4 is 38.4 Å². The quantitative estimate of drug-likeness (QED) is 0.269. The number of benzene rings is 4. The molecule has 2 nitrogen and oxygen atoms in total. The minimum Gasteiger partial charge on any atom is -1.00 e. The van der Waals surface area contributed by atoms with Crippen LogP contribution in [0.15, 0.2) is 115 Å². The lowest BCUT2D eigenvalue weighted by Crippen LogP contribution is -3.00. The number of halogens is 1. The van der Waals surface area contributed by atoms with Crippen molar-refractivity contribution in [3.05, 3.63) is 115 Å². The first-order valence-corrected chi connectivity index (χ1v) is 11.4. The van der Waals surface area contributed by atoms with Gasteiger partial charge < -0.3 is 17.1 Å². The van der Waals surface area contributed by atoms with E-state index in [1.807, 2.05) is 36.4 Å². The SMILES string of the molecule is CC(=O)Oc1ccccc1[P+](c1ccccc1)(c1ccccc1)c1ccccc1.[Cl-]. The molecule has 0 atom stereocenters. The van der Waals surface area contributed by atoms with E-state index >= 15 is 0 Å². The van der Waals surface area contributed by atoms with Crippen molar-refractivity contribution in [2.75, 3.05) is 0 Å². The lowest BCUT2D eigenvalue weighted by Gasteiger charge is -2.28. The second-order valence-corrected chi connectivity index (χ2v) is 10.1. The van der Waals surface area contributed by atoms with Crippen LogP contribution in [0.2, 0.25) is 0 Å². The second kappa shape index (κ2) is 9.71. The molecule has 0 aromatic heterocycles. The molecule has 0 radical (unpaired) electrons. The third-order valence-corrected chi connectivity index (χ3v) is 9.22. The maximum Gasteiger partial charge on any atom is 0.308 e. The normalized spacial score (nSPS) is 10.7. The number of esters is 1. The fraction of sp³-hybridized carbons (Fsp3) is 0.0385. The third-order valence-electron chi connectivity index (χ3n) is 4.91. The molecule has 4 aromatic carbocycles. The molecule has 0 aliphatic heterocycles. The van der Waals surface area contributed by atoms with Crippen molar-refractivity contribution in [3.8, 4) is 5.75 Å². The first-order chi connectivity index (χ1) is 14.2. The first kappa shape index (κ1) is 21.8. The van der Waals surface area contributed by atoms with Gasteiger partial charge in [0.05, 0.1) is 0 Å². The molecule has 0 heterocycles. The van der Waals surface area contributed by atoms with E-state index in [0.29, 0.717) is 5.75 Å². The zero-order valence-electron chi connectivity index (χ0n) is 16.6. The van der Waals surface area contributed by atoms with E-state index in [9.17, 15) is 4.79 Å². The Morgan fingerprint density at radius 1 is 0.600 bits per heavy atom. The predicted octanol–water partition coefficient (Wildman–Crippen LogP) is 1.24. The average molecular weight is 433 g/mol. The summed E-state index contributed by atoms with van der Waals surface area (Å²) in [4.78, 5) is 11.9. The monoisotopic (exact) mass is 432 g/mol. The molecule has 0 unspecified atom stereocenters. The number of carbonyl (C=O) groups is 1. The standard InChI is InChI=1S/C26H22O2P.ClH/c1-21(27)28-25-19-11-12-20-26(25)29(22-13-5-2-6-14-22,23-15-7-3-8-16-23)24-17-9-4-10-18-24;/h2-20H,1H3;1H/q+1;/p-1. The Balaban J connectivity index is 0.00000256. The topological polar surface area (TPSA) is 26.3 Å². The summed E-state index contributed by atoms with van der Waals surface area (Å²) in [5.74, 6) is 0.301. The molecule has 4 rings (SSSR count). The maximum absolute atomic E-state index is 11.9. The van der Waals surface area contributed by atoms with Crippen molar-refractivity contribution in [1.82, 2.24) is 0 Å². The highest BCUT2D eigenvalue weighted by atomic mass is 35.5. The van der Waals surface area contributed by atoms with Crippen molar-refractivity contribution in [3.63, 3.8) is 0 Å². The van der Waals surface area contributed by atoms with E-state index in [-0.39, 0.29) is 18.4 Å². The van der Waals surface area contributed by atoms with Crippen molar-refractivity contribution in [2.45, 2.75) is 6.92 Å². The van der Waals surface area contributed by atoms with Gasteiger partial charge >= 0.3 is 5.97 Å². The molecule has 0 saturated heterocycles. The van der Waals surface area contributed by atoms with E-state index in [1.54, 1.807) is 0 Å². The number of carbonyl (C=O) groups excluding carboxylic acids is 1. The Bertz CT molecular complexity index is 1000. The van der Waals surface area contributed by atoms with E-state index in [0.717, 1.165) is 5.30 Å². The van der Waals surface area contributed by atoms with Gasteiger partial charge in [-0.2, -0.15) is 0 Å². The Hall–Kier alpha value is -2.93. The Kier molecular flexibility index (Phi) is 7.05. The summed E-state index contributed by atoms with van der Waals surface area (Å²) in [7, 11) is -2.28. The van der Waals surface area contributed by atoms with Gasteiger partial charge in [0.15, 0.2) is 11.1 Å². The van der Waals surface area contributed by atoms with Crippen molar-refractivity contribution in [1.29, 1.82) is 0 Å². The number of rotatable bonds is 5. The van der Waals surface area contributed by atoms with Crippen LogP contribution in [-0.2, 0) is 4.79 Å². The summed E-state index contributed by atoms with van der Waals surface area (Å²) in [6, 6.07) is 39.5. The van der Waals surface area contributed by atoms with Crippen LogP contribution in [0.4, 0.5) is 0 Å². The van der Waals surface area contributed by atoms with Crippen molar-refractivity contribution < 1.29 is 21.9 Å². The van der Waals surface area contributed by atoms with E-state index in [1.165, 1.54) is 22.8 Å². The molecule has 30 heavy (non-hydrogen) atoms. The zero-order valence-corrected chi connectivity index (χ0v) is 18.3. The molecule has 4 heteroatoms. The van der Waals surface area contributed by atoms with Crippen LogP contribution in [0.3, 0.4) is 0 Å². The summed E-state index contributed by atoms with van der Waals surface area (Å²) in [5, 5.41) is 4.70. The summed E-state index contributed by atoms with van der Waals surface area (Å²) in [6.45, 7) is 1.45.